The van der Waals surface area contributed by atoms with E-state index in [1.807, 2.05) is 42.5 Å². The van der Waals surface area contributed by atoms with E-state index in [1.165, 1.54) is 0 Å². The average molecular weight is 341 g/mol. The fraction of sp³-hybridized carbons (Fsp3) is 0.300. The van der Waals surface area contributed by atoms with Crippen molar-refractivity contribution in [2.24, 2.45) is 0 Å². The van der Waals surface area contributed by atoms with Gasteiger partial charge in [-0.1, -0.05) is 30.3 Å². The second-order valence-corrected chi connectivity index (χ2v) is 5.84. The summed E-state index contributed by atoms with van der Waals surface area (Å²) in [6, 6.07) is 16.7. The molecule has 2 rings (SSSR count). The lowest BCUT2D eigenvalue weighted by Gasteiger charge is -2.09. The molecule has 0 atom stereocenters. The van der Waals surface area contributed by atoms with Crippen molar-refractivity contribution in [3.8, 4) is 5.75 Å². The van der Waals surface area contributed by atoms with E-state index in [9.17, 15) is 9.59 Å². The lowest BCUT2D eigenvalue weighted by atomic mass is 10.1. The predicted octanol–water partition coefficient (Wildman–Crippen LogP) is 3.34. The van der Waals surface area contributed by atoms with Crippen LogP contribution in [0.15, 0.2) is 54.6 Å². The molecule has 132 valence electrons. The van der Waals surface area contributed by atoms with Gasteiger partial charge in [0.15, 0.2) is 0 Å². The Labute approximate surface area is 148 Å². The van der Waals surface area contributed by atoms with Crippen LogP contribution >= 0.6 is 0 Å². The zero-order valence-electron chi connectivity index (χ0n) is 14.5. The fourth-order valence-electron chi connectivity index (χ4n) is 2.14. The molecule has 0 aliphatic carbocycles. The van der Waals surface area contributed by atoms with Gasteiger partial charge in [0.05, 0.1) is 12.5 Å². The molecule has 0 aliphatic rings. The number of amides is 1. The van der Waals surface area contributed by atoms with E-state index in [1.54, 1.807) is 26.0 Å². The maximum Gasteiger partial charge on any atom is 0.307 e. The van der Waals surface area contributed by atoms with Crippen LogP contribution in [0.25, 0.3) is 0 Å². The molecule has 1 amide bonds. The average Bonchev–Trinajstić information content (AvgIpc) is 2.60. The molecule has 0 unspecified atom stereocenters. The number of hydrogen-bond acceptors (Lipinski definition) is 4. The van der Waals surface area contributed by atoms with Crippen molar-refractivity contribution < 1.29 is 19.1 Å². The molecular weight excluding hydrogens is 318 g/mol. The summed E-state index contributed by atoms with van der Waals surface area (Å²) >= 11 is 0. The number of carbonyl (C=O) groups is 2. The summed E-state index contributed by atoms with van der Waals surface area (Å²) in [5, 5.41) is 2.71. The van der Waals surface area contributed by atoms with Crippen LogP contribution in [0.3, 0.4) is 0 Å². The first-order valence-corrected chi connectivity index (χ1v) is 8.29. The van der Waals surface area contributed by atoms with Gasteiger partial charge in [-0.15, -0.1) is 0 Å². The highest BCUT2D eigenvalue weighted by Crippen LogP contribution is 2.12. The zero-order chi connectivity index (χ0) is 18.1. The van der Waals surface area contributed by atoms with Gasteiger partial charge in [0.25, 0.3) is 5.91 Å². The molecule has 5 heteroatoms. The number of hydrogen-bond donors (Lipinski definition) is 1. The van der Waals surface area contributed by atoms with E-state index in [0.29, 0.717) is 12.2 Å². The molecule has 0 aromatic heterocycles. The first-order valence-electron chi connectivity index (χ1n) is 8.29. The van der Waals surface area contributed by atoms with E-state index < -0.39 is 0 Å². The molecule has 0 bridgehead atoms. The second-order valence-electron chi connectivity index (χ2n) is 5.84. The zero-order valence-corrected chi connectivity index (χ0v) is 14.5. The Morgan fingerprint density at radius 2 is 1.68 bits per heavy atom. The van der Waals surface area contributed by atoms with Crippen molar-refractivity contribution in [2.75, 3.05) is 6.54 Å². The number of para-hydroxylation sites is 1. The standard InChI is InChI=1S/C20H23NO4/c1-15(2)25-19(22)12-13-21-20(23)17-10-8-16(9-11-17)14-24-18-6-4-3-5-7-18/h3-11,15H,12-14H2,1-2H3,(H,21,23). The Balaban J connectivity index is 1.77. The van der Waals surface area contributed by atoms with Gasteiger partial charge in [-0.25, -0.2) is 0 Å². The van der Waals surface area contributed by atoms with Gasteiger partial charge in [-0.2, -0.15) is 0 Å². The van der Waals surface area contributed by atoms with E-state index in [-0.39, 0.29) is 30.9 Å². The Morgan fingerprint density at radius 3 is 2.32 bits per heavy atom. The molecule has 2 aromatic rings. The summed E-state index contributed by atoms with van der Waals surface area (Å²) in [7, 11) is 0. The molecule has 0 aliphatic heterocycles. The molecular formula is C20H23NO4. The summed E-state index contributed by atoms with van der Waals surface area (Å²) in [5.74, 6) is 0.272. The van der Waals surface area contributed by atoms with Gasteiger partial charge in [-0.05, 0) is 43.7 Å². The summed E-state index contributed by atoms with van der Waals surface area (Å²) in [5.41, 5.74) is 1.52. The minimum atomic E-state index is -0.316. The number of ether oxygens (including phenoxy) is 2. The van der Waals surface area contributed by atoms with Crippen LogP contribution in [0.2, 0.25) is 0 Å². The molecule has 5 nitrogen and oxygen atoms in total. The van der Waals surface area contributed by atoms with Crippen molar-refractivity contribution >= 4 is 11.9 Å². The Kier molecular flexibility index (Phi) is 7.01. The Hall–Kier alpha value is -2.82. The smallest absolute Gasteiger partial charge is 0.307 e. The van der Waals surface area contributed by atoms with Crippen molar-refractivity contribution in [1.82, 2.24) is 5.32 Å². The second kappa shape index (κ2) is 9.47. The van der Waals surface area contributed by atoms with Gasteiger partial charge < -0.3 is 14.8 Å². The van der Waals surface area contributed by atoms with Crippen LogP contribution in [0.4, 0.5) is 0 Å². The SMILES string of the molecule is CC(C)OC(=O)CCNC(=O)c1ccc(COc2ccccc2)cc1. The number of esters is 1. The minimum Gasteiger partial charge on any atom is -0.489 e. The third-order valence-electron chi connectivity index (χ3n) is 3.35. The molecule has 0 saturated carbocycles. The summed E-state index contributed by atoms with van der Waals surface area (Å²) in [6.07, 6.45) is 0.0151. The quantitative estimate of drug-likeness (QED) is 0.748. The molecule has 0 spiro atoms. The van der Waals surface area contributed by atoms with Crippen LogP contribution in [0, 0.1) is 0 Å². The third-order valence-corrected chi connectivity index (χ3v) is 3.35. The lowest BCUT2D eigenvalue weighted by Crippen LogP contribution is -2.27. The van der Waals surface area contributed by atoms with Gasteiger partial charge >= 0.3 is 5.97 Å². The fourth-order valence-corrected chi connectivity index (χ4v) is 2.14. The van der Waals surface area contributed by atoms with Crippen molar-refractivity contribution in [3.63, 3.8) is 0 Å². The number of carbonyl (C=O) groups excluding carboxylic acids is 2. The lowest BCUT2D eigenvalue weighted by molar-refractivity contribution is -0.147. The van der Waals surface area contributed by atoms with Crippen molar-refractivity contribution in [1.29, 1.82) is 0 Å². The first-order chi connectivity index (χ1) is 12.0. The van der Waals surface area contributed by atoms with E-state index in [4.69, 9.17) is 9.47 Å². The maximum atomic E-state index is 12.0. The molecule has 0 fully saturated rings. The van der Waals surface area contributed by atoms with Crippen LogP contribution in [0.5, 0.6) is 5.75 Å². The molecule has 1 N–H and O–H groups in total. The van der Waals surface area contributed by atoms with Gasteiger partial charge in [0.1, 0.15) is 12.4 Å². The topological polar surface area (TPSA) is 64.6 Å². The largest absolute Gasteiger partial charge is 0.489 e. The molecule has 2 aromatic carbocycles. The summed E-state index contributed by atoms with van der Waals surface area (Å²) in [6.45, 7) is 4.27. The molecule has 0 heterocycles. The maximum absolute atomic E-state index is 12.0. The van der Waals surface area contributed by atoms with Crippen molar-refractivity contribution in [3.05, 3.63) is 65.7 Å². The van der Waals surface area contributed by atoms with Gasteiger partial charge in [0.2, 0.25) is 0 Å². The summed E-state index contributed by atoms with van der Waals surface area (Å²) < 4.78 is 10.7. The molecule has 0 saturated heterocycles. The van der Waals surface area contributed by atoms with Gasteiger partial charge in [-0.3, -0.25) is 9.59 Å². The number of benzene rings is 2. The van der Waals surface area contributed by atoms with Crippen LogP contribution in [0.1, 0.15) is 36.2 Å². The van der Waals surface area contributed by atoms with Crippen LogP contribution in [-0.4, -0.2) is 24.5 Å². The Bertz CT molecular complexity index is 681. The van der Waals surface area contributed by atoms with Crippen molar-refractivity contribution in [2.45, 2.75) is 33.0 Å². The highest BCUT2D eigenvalue weighted by molar-refractivity contribution is 5.94. The number of rotatable bonds is 8. The normalized spacial score (nSPS) is 10.4. The third kappa shape index (κ3) is 6.67. The van der Waals surface area contributed by atoms with E-state index in [2.05, 4.69) is 5.32 Å². The highest BCUT2D eigenvalue weighted by atomic mass is 16.5. The van der Waals surface area contributed by atoms with Gasteiger partial charge in [0, 0.05) is 12.1 Å². The van der Waals surface area contributed by atoms with E-state index >= 15 is 0 Å². The first kappa shape index (κ1) is 18.5. The Morgan fingerprint density at radius 1 is 1.00 bits per heavy atom. The molecule has 25 heavy (non-hydrogen) atoms. The summed E-state index contributed by atoms with van der Waals surface area (Å²) in [4.78, 5) is 23.5. The van der Waals surface area contributed by atoms with Crippen LogP contribution in [-0.2, 0) is 16.1 Å². The predicted molar refractivity (Wildman–Crippen MR) is 95.4 cm³/mol. The van der Waals surface area contributed by atoms with Crippen LogP contribution < -0.4 is 10.1 Å². The monoisotopic (exact) mass is 341 g/mol. The highest BCUT2D eigenvalue weighted by Gasteiger charge is 2.08. The minimum absolute atomic E-state index is 0.145. The van der Waals surface area contributed by atoms with E-state index in [0.717, 1.165) is 11.3 Å². The number of nitrogens with one attached hydrogen (secondary N) is 1. The molecule has 0 radical (unpaired) electrons.